The Balaban J connectivity index is 2.19. The summed E-state index contributed by atoms with van der Waals surface area (Å²) in [6, 6.07) is 2.30. The van der Waals surface area contributed by atoms with Gasteiger partial charge in [0.25, 0.3) is 0 Å². The summed E-state index contributed by atoms with van der Waals surface area (Å²) in [7, 11) is 0. The van der Waals surface area contributed by atoms with Gasteiger partial charge in [0.1, 0.15) is 0 Å². The molecule has 1 heterocycles. The Labute approximate surface area is 78.6 Å². The third-order valence-corrected chi connectivity index (χ3v) is 3.86. The maximum absolute atomic E-state index is 2.42. The molecule has 1 aliphatic rings. The van der Waals surface area contributed by atoms with Gasteiger partial charge in [-0.2, -0.15) is 11.3 Å². The van der Waals surface area contributed by atoms with Crippen LogP contribution in [0.15, 0.2) is 16.8 Å². The Kier molecular flexibility index (Phi) is 2.22. The zero-order chi connectivity index (χ0) is 8.44. The summed E-state index contributed by atoms with van der Waals surface area (Å²) >= 11 is 1.83. The van der Waals surface area contributed by atoms with Crippen molar-refractivity contribution in [3.05, 3.63) is 22.4 Å². The average molecular weight is 180 g/mol. The van der Waals surface area contributed by atoms with Crippen LogP contribution in [0.4, 0.5) is 0 Å². The second-order valence-corrected chi connectivity index (χ2v) is 4.91. The second-order valence-electron chi connectivity index (χ2n) is 4.13. The molecule has 0 N–H and O–H groups in total. The van der Waals surface area contributed by atoms with Crippen LogP contribution in [0.5, 0.6) is 0 Å². The minimum Gasteiger partial charge on any atom is -0.152 e. The molecule has 1 fully saturated rings. The number of thiophene rings is 1. The van der Waals surface area contributed by atoms with Gasteiger partial charge in [0.05, 0.1) is 0 Å². The Hall–Kier alpha value is -0.300. The highest BCUT2D eigenvalue weighted by Crippen LogP contribution is 2.39. The lowest BCUT2D eigenvalue weighted by Gasteiger charge is -2.33. The summed E-state index contributed by atoms with van der Waals surface area (Å²) in [4.78, 5) is 0. The van der Waals surface area contributed by atoms with Gasteiger partial charge in [-0.15, -0.1) is 0 Å². The standard InChI is InChI=1S/C11H16S/c1-11(6-3-2-4-7-11)10-5-8-12-9-10/h5,8-9H,2-4,6-7H2,1H3. The minimum atomic E-state index is 0.512. The van der Waals surface area contributed by atoms with Gasteiger partial charge in [0.2, 0.25) is 0 Å². The Morgan fingerprint density at radius 3 is 2.58 bits per heavy atom. The molecule has 1 aromatic rings. The highest BCUT2D eigenvalue weighted by Gasteiger charge is 2.28. The maximum atomic E-state index is 2.42. The van der Waals surface area contributed by atoms with E-state index >= 15 is 0 Å². The molecule has 12 heavy (non-hydrogen) atoms. The minimum absolute atomic E-state index is 0.512. The van der Waals surface area contributed by atoms with Crippen molar-refractivity contribution in [1.82, 2.24) is 0 Å². The van der Waals surface area contributed by atoms with Crippen molar-refractivity contribution in [2.24, 2.45) is 0 Å². The molecule has 1 saturated carbocycles. The summed E-state index contributed by atoms with van der Waals surface area (Å²) < 4.78 is 0. The lowest BCUT2D eigenvalue weighted by Crippen LogP contribution is -2.24. The molecule has 0 aliphatic heterocycles. The zero-order valence-corrected chi connectivity index (χ0v) is 8.49. The molecule has 0 nitrogen and oxygen atoms in total. The molecule has 1 aromatic heterocycles. The first-order chi connectivity index (χ1) is 5.81. The van der Waals surface area contributed by atoms with Crippen molar-refractivity contribution in [2.45, 2.75) is 44.4 Å². The van der Waals surface area contributed by atoms with Crippen molar-refractivity contribution in [3.63, 3.8) is 0 Å². The molecule has 0 bridgehead atoms. The van der Waals surface area contributed by atoms with E-state index in [1.165, 1.54) is 32.1 Å². The molecule has 0 aromatic carbocycles. The van der Waals surface area contributed by atoms with E-state index < -0.39 is 0 Å². The summed E-state index contributed by atoms with van der Waals surface area (Å²) in [5.41, 5.74) is 2.09. The number of hydrogen-bond acceptors (Lipinski definition) is 1. The van der Waals surface area contributed by atoms with Crippen molar-refractivity contribution in [3.8, 4) is 0 Å². The molecular formula is C11H16S. The third kappa shape index (κ3) is 1.42. The fourth-order valence-corrected chi connectivity index (χ4v) is 3.04. The third-order valence-electron chi connectivity index (χ3n) is 3.18. The average Bonchev–Trinajstić information content (AvgIpc) is 2.58. The SMILES string of the molecule is CC1(c2ccsc2)CCCCC1. The molecule has 0 atom stereocenters. The molecule has 1 aliphatic carbocycles. The van der Waals surface area contributed by atoms with E-state index in [1.807, 2.05) is 11.3 Å². The predicted molar refractivity (Wildman–Crippen MR) is 54.8 cm³/mol. The van der Waals surface area contributed by atoms with Gasteiger partial charge in [-0.3, -0.25) is 0 Å². The van der Waals surface area contributed by atoms with E-state index in [0.717, 1.165) is 0 Å². The van der Waals surface area contributed by atoms with E-state index in [0.29, 0.717) is 5.41 Å². The summed E-state index contributed by atoms with van der Waals surface area (Å²) in [5, 5.41) is 4.53. The van der Waals surface area contributed by atoms with Crippen LogP contribution < -0.4 is 0 Å². The van der Waals surface area contributed by atoms with E-state index in [1.54, 1.807) is 5.56 Å². The van der Waals surface area contributed by atoms with Gasteiger partial charge in [-0.1, -0.05) is 26.2 Å². The van der Waals surface area contributed by atoms with Crippen molar-refractivity contribution < 1.29 is 0 Å². The second kappa shape index (κ2) is 3.21. The number of rotatable bonds is 1. The summed E-state index contributed by atoms with van der Waals surface area (Å²) in [6.45, 7) is 2.42. The lowest BCUT2D eigenvalue weighted by molar-refractivity contribution is 0.320. The smallest absolute Gasteiger partial charge is 0.00557 e. The highest BCUT2D eigenvalue weighted by molar-refractivity contribution is 7.08. The fraction of sp³-hybridized carbons (Fsp3) is 0.636. The summed E-state index contributed by atoms with van der Waals surface area (Å²) in [5.74, 6) is 0. The molecule has 2 rings (SSSR count). The Bertz CT molecular complexity index is 230. The van der Waals surface area contributed by atoms with Gasteiger partial charge in [0, 0.05) is 0 Å². The first-order valence-corrected chi connectivity index (χ1v) is 5.78. The van der Waals surface area contributed by atoms with Gasteiger partial charge in [-0.05, 0) is 40.6 Å². The van der Waals surface area contributed by atoms with Crippen LogP contribution in [0.25, 0.3) is 0 Å². The highest BCUT2D eigenvalue weighted by atomic mass is 32.1. The molecule has 0 spiro atoms. The first-order valence-electron chi connectivity index (χ1n) is 4.84. The maximum Gasteiger partial charge on any atom is -0.00557 e. The van der Waals surface area contributed by atoms with Crippen molar-refractivity contribution in [1.29, 1.82) is 0 Å². The normalized spacial score (nSPS) is 22.4. The van der Waals surface area contributed by atoms with Crippen LogP contribution in [0.3, 0.4) is 0 Å². The van der Waals surface area contributed by atoms with Crippen LogP contribution in [-0.4, -0.2) is 0 Å². The zero-order valence-electron chi connectivity index (χ0n) is 7.68. The van der Waals surface area contributed by atoms with Crippen molar-refractivity contribution in [2.75, 3.05) is 0 Å². The molecular weight excluding hydrogens is 164 g/mol. The molecule has 0 unspecified atom stereocenters. The molecule has 0 amide bonds. The van der Waals surface area contributed by atoms with Gasteiger partial charge in [0.15, 0.2) is 0 Å². The van der Waals surface area contributed by atoms with E-state index in [4.69, 9.17) is 0 Å². The van der Waals surface area contributed by atoms with Crippen LogP contribution in [-0.2, 0) is 5.41 Å². The first kappa shape index (κ1) is 8.31. The van der Waals surface area contributed by atoms with Crippen LogP contribution in [0, 0.1) is 0 Å². The van der Waals surface area contributed by atoms with E-state index in [2.05, 4.69) is 23.8 Å². The topological polar surface area (TPSA) is 0 Å². The Morgan fingerprint density at radius 1 is 1.25 bits per heavy atom. The Morgan fingerprint density at radius 2 is 2.00 bits per heavy atom. The van der Waals surface area contributed by atoms with Gasteiger partial charge < -0.3 is 0 Å². The molecule has 0 radical (unpaired) electrons. The van der Waals surface area contributed by atoms with E-state index in [9.17, 15) is 0 Å². The molecule has 0 saturated heterocycles. The molecule has 66 valence electrons. The van der Waals surface area contributed by atoms with Gasteiger partial charge >= 0.3 is 0 Å². The molecule has 1 heteroatoms. The number of hydrogen-bond donors (Lipinski definition) is 0. The lowest BCUT2D eigenvalue weighted by atomic mass is 9.72. The quantitative estimate of drug-likeness (QED) is 0.613. The summed E-state index contributed by atoms with van der Waals surface area (Å²) in [6.07, 6.45) is 7.08. The van der Waals surface area contributed by atoms with Crippen LogP contribution >= 0.6 is 11.3 Å². The monoisotopic (exact) mass is 180 g/mol. The fourth-order valence-electron chi connectivity index (χ4n) is 2.23. The largest absolute Gasteiger partial charge is 0.152 e. The predicted octanol–water partition coefficient (Wildman–Crippen LogP) is 3.97. The van der Waals surface area contributed by atoms with Gasteiger partial charge in [-0.25, -0.2) is 0 Å². The van der Waals surface area contributed by atoms with Crippen LogP contribution in [0.1, 0.15) is 44.6 Å². The van der Waals surface area contributed by atoms with E-state index in [-0.39, 0.29) is 0 Å². The van der Waals surface area contributed by atoms with Crippen molar-refractivity contribution >= 4 is 11.3 Å². The van der Waals surface area contributed by atoms with Crippen LogP contribution in [0.2, 0.25) is 0 Å².